The van der Waals surface area contributed by atoms with E-state index in [1.54, 1.807) is 0 Å². The van der Waals surface area contributed by atoms with Gasteiger partial charge in [-0.1, -0.05) is 20.3 Å². The van der Waals surface area contributed by atoms with Gasteiger partial charge in [0.15, 0.2) is 0 Å². The van der Waals surface area contributed by atoms with E-state index in [2.05, 4.69) is 50.1 Å². The van der Waals surface area contributed by atoms with E-state index in [-0.39, 0.29) is 0 Å². The predicted octanol–water partition coefficient (Wildman–Crippen LogP) is 2.67. The molecule has 2 rings (SSSR count). The van der Waals surface area contributed by atoms with Crippen LogP contribution >= 0.6 is 0 Å². The van der Waals surface area contributed by atoms with E-state index in [1.807, 2.05) is 0 Å². The van der Waals surface area contributed by atoms with Crippen LogP contribution < -0.4 is 5.32 Å². The van der Waals surface area contributed by atoms with Crippen molar-refractivity contribution in [1.29, 1.82) is 0 Å². The van der Waals surface area contributed by atoms with Crippen molar-refractivity contribution >= 4 is 0 Å². The summed E-state index contributed by atoms with van der Waals surface area (Å²) in [4.78, 5) is 5.09. The molecule has 1 heterocycles. The first-order valence-corrected chi connectivity index (χ1v) is 8.96. The van der Waals surface area contributed by atoms with E-state index in [1.165, 1.54) is 58.3 Å². The lowest BCUT2D eigenvalue weighted by Gasteiger charge is -2.46. The van der Waals surface area contributed by atoms with Crippen LogP contribution in [0.2, 0.25) is 0 Å². The molecule has 0 aromatic heterocycles. The first-order valence-electron chi connectivity index (χ1n) is 8.96. The van der Waals surface area contributed by atoms with Gasteiger partial charge >= 0.3 is 0 Å². The number of likely N-dealkylation sites (tertiary alicyclic amines) is 1. The zero-order chi connectivity index (χ0) is 15.5. The van der Waals surface area contributed by atoms with Crippen LogP contribution in [0, 0.1) is 17.3 Å². The Balaban J connectivity index is 1.82. The van der Waals surface area contributed by atoms with Gasteiger partial charge in [0.05, 0.1) is 0 Å². The summed E-state index contributed by atoms with van der Waals surface area (Å²) in [5.41, 5.74) is 0.459. The minimum absolute atomic E-state index is 0.459. The molecule has 2 atom stereocenters. The molecule has 1 N–H and O–H groups in total. The lowest BCUT2D eigenvalue weighted by Crippen LogP contribution is -2.52. The molecule has 0 bridgehead atoms. The number of piperidine rings is 1. The van der Waals surface area contributed by atoms with Gasteiger partial charge in [-0.05, 0) is 77.2 Å². The summed E-state index contributed by atoms with van der Waals surface area (Å²) in [5.74, 6) is 1.75. The number of rotatable bonds is 5. The van der Waals surface area contributed by atoms with E-state index in [9.17, 15) is 0 Å². The maximum absolute atomic E-state index is 3.64. The van der Waals surface area contributed by atoms with Crippen molar-refractivity contribution in [2.75, 3.05) is 47.3 Å². The zero-order valence-corrected chi connectivity index (χ0v) is 15.0. The Morgan fingerprint density at radius 3 is 2.38 bits per heavy atom. The molecule has 1 saturated carbocycles. The Morgan fingerprint density at radius 2 is 1.81 bits per heavy atom. The van der Waals surface area contributed by atoms with E-state index < -0.39 is 0 Å². The Hall–Kier alpha value is -0.120. The van der Waals surface area contributed by atoms with Crippen LogP contribution in [0.25, 0.3) is 0 Å². The van der Waals surface area contributed by atoms with E-state index in [4.69, 9.17) is 0 Å². The topological polar surface area (TPSA) is 18.5 Å². The molecule has 0 aromatic carbocycles. The lowest BCUT2D eigenvalue weighted by atomic mass is 9.67. The van der Waals surface area contributed by atoms with Crippen molar-refractivity contribution < 1.29 is 0 Å². The first kappa shape index (κ1) is 17.2. The van der Waals surface area contributed by atoms with Crippen LogP contribution in [0.5, 0.6) is 0 Å². The van der Waals surface area contributed by atoms with Gasteiger partial charge in [-0.3, -0.25) is 0 Å². The van der Waals surface area contributed by atoms with Crippen LogP contribution in [0.1, 0.15) is 46.0 Å². The fourth-order valence-corrected chi connectivity index (χ4v) is 4.80. The van der Waals surface area contributed by atoms with Crippen molar-refractivity contribution in [3.8, 4) is 0 Å². The van der Waals surface area contributed by atoms with Crippen LogP contribution in [-0.2, 0) is 0 Å². The van der Waals surface area contributed by atoms with Crippen LogP contribution in [0.3, 0.4) is 0 Å². The second-order valence-corrected chi connectivity index (χ2v) is 8.41. The van der Waals surface area contributed by atoms with Gasteiger partial charge in [0.25, 0.3) is 0 Å². The monoisotopic (exact) mass is 295 g/mol. The average molecular weight is 296 g/mol. The van der Waals surface area contributed by atoms with Crippen LogP contribution in [0.4, 0.5) is 0 Å². The summed E-state index contributed by atoms with van der Waals surface area (Å²) in [6.45, 7) is 10.1. The number of hydrogen-bond donors (Lipinski definition) is 1. The summed E-state index contributed by atoms with van der Waals surface area (Å²) in [7, 11) is 6.57. The van der Waals surface area contributed by atoms with E-state index in [0.29, 0.717) is 11.5 Å². The standard InChI is InChI=1S/C18H37N3/c1-18(2)10-6-7-16(17(18)19-3)14-21-11-8-15(9-12-21)13-20(4)5/h15-17,19H,6-14H2,1-5H3. The summed E-state index contributed by atoms with van der Waals surface area (Å²) in [6, 6.07) is 0.686. The SMILES string of the molecule is CNC1C(CN2CCC(CN(C)C)CC2)CCCC1(C)C. The number of nitrogens with one attached hydrogen (secondary N) is 1. The van der Waals surface area contributed by atoms with Gasteiger partial charge < -0.3 is 15.1 Å². The fraction of sp³-hybridized carbons (Fsp3) is 1.00. The molecule has 2 fully saturated rings. The highest BCUT2D eigenvalue weighted by Gasteiger charge is 2.38. The normalized spacial score (nSPS) is 31.7. The molecular formula is C18H37N3. The molecule has 1 saturated heterocycles. The average Bonchev–Trinajstić information content (AvgIpc) is 2.40. The Kier molecular flexibility index (Phi) is 6.10. The third-order valence-electron chi connectivity index (χ3n) is 5.84. The maximum atomic E-state index is 3.64. The van der Waals surface area contributed by atoms with Crippen LogP contribution in [-0.4, -0.2) is 63.2 Å². The van der Waals surface area contributed by atoms with Crippen molar-refractivity contribution in [3.63, 3.8) is 0 Å². The van der Waals surface area contributed by atoms with Crippen molar-refractivity contribution in [1.82, 2.24) is 15.1 Å². The van der Waals surface area contributed by atoms with Gasteiger partial charge in [-0.2, -0.15) is 0 Å². The summed E-state index contributed by atoms with van der Waals surface area (Å²) in [5, 5.41) is 3.64. The van der Waals surface area contributed by atoms with E-state index in [0.717, 1.165) is 11.8 Å². The Labute approximate surface area is 132 Å². The highest BCUT2D eigenvalue weighted by molar-refractivity contribution is 4.94. The molecule has 1 aliphatic heterocycles. The minimum Gasteiger partial charge on any atom is -0.316 e. The third kappa shape index (κ3) is 4.67. The van der Waals surface area contributed by atoms with Gasteiger partial charge in [0.2, 0.25) is 0 Å². The molecular weight excluding hydrogens is 258 g/mol. The lowest BCUT2D eigenvalue weighted by molar-refractivity contribution is 0.0681. The second-order valence-electron chi connectivity index (χ2n) is 8.41. The molecule has 0 radical (unpaired) electrons. The Morgan fingerprint density at radius 1 is 1.14 bits per heavy atom. The molecule has 124 valence electrons. The quantitative estimate of drug-likeness (QED) is 0.841. The first-order chi connectivity index (χ1) is 9.92. The molecule has 3 heteroatoms. The number of hydrogen-bond acceptors (Lipinski definition) is 3. The van der Waals surface area contributed by atoms with Gasteiger partial charge in [-0.15, -0.1) is 0 Å². The van der Waals surface area contributed by atoms with Gasteiger partial charge in [0.1, 0.15) is 0 Å². The molecule has 3 nitrogen and oxygen atoms in total. The molecule has 2 aliphatic rings. The summed E-state index contributed by atoms with van der Waals surface area (Å²) < 4.78 is 0. The molecule has 1 aliphatic carbocycles. The minimum atomic E-state index is 0.459. The number of nitrogens with zero attached hydrogens (tertiary/aromatic N) is 2. The van der Waals surface area contributed by atoms with Gasteiger partial charge in [0, 0.05) is 19.1 Å². The summed E-state index contributed by atoms with van der Waals surface area (Å²) in [6.07, 6.45) is 6.97. The highest BCUT2D eigenvalue weighted by Crippen LogP contribution is 2.39. The van der Waals surface area contributed by atoms with Crippen molar-refractivity contribution in [3.05, 3.63) is 0 Å². The second kappa shape index (κ2) is 7.43. The molecule has 2 unspecified atom stereocenters. The molecule has 21 heavy (non-hydrogen) atoms. The fourth-order valence-electron chi connectivity index (χ4n) is 4.80. The predicted molar refractivity (Wildman–Crippen MR) is 91.7 cm³/mol. The molecule has 0 amide bonds. The Bertz CT molecular complexity index is 306. The zero-order valence-electron chi connectivity index (χ0n) is 15.0. The third-order valence-corrected chi connectivity index (χ3v) is 5.84. The van der Waals surface area contributed by atoms with Crippen molar-refractivity contribution in [2.45, 2.75) is 52.0 Å². The van der Waals surface area contributed by atoms with Crippen LogP contribution in [0.15, 0.2) is 0 Å². The molecule has 0 spiro atoms. The van der Waals surface area contributed by atoms with E-state index >= 15 is 0 Å². The largest absolute Gasteiger partial charge is 0.316 e. The maximum Gasteiger partial charge on any atom is 0.0156 e. The summed E-state index contributed by atoms with van der Waals surface area (Å²) >= 11 is 0. The smallest absolute Gasteiger partial charge is 0.0156 e. The van der Waals surface area contributed by atoms with Gasteiger partial charge in [-0.25, -0.2) is 0 Å². The van der Waals surface area contributed by atoms with Crippen molar-refractivity contribution in [2.24, 2.45) is 17.3 Å². The molecule has 0 aromatic rings. The highest BCUT2D eigenvalue weighted by atomic mass is 15.1.